The first-order valence-corrected chi connectivity index (χ1v) is 20.4. The number of primary amides is 2. The molecule has 0 aliphatic heterocycles. The number of hydrogen-bond acceptors (Lipinski definition) is 14. The van der Waals surface area contributed by atoms with Gasteiger partial charge in [-0.25, -0.2) is 4.79 Å². The van der Waals surface area contributed by atoms with E-state index in [4.69, 9.17) is 17.2 Å². The van der Waals surface area contributed by atoms with Crippen LogP contribution < -0.4 is 54.4 Å². The van der Waals surface area contributed by atoms with Gasteiger partial charge in [0, 0.05) is 0 Å². The highest BCUT2D eigenvalue weighted by Crippen LogP contribution is 2.08. The van der Waals surface area contributed by atoms with Gasteiger partial charge in [0.1, 0.15) is 36.3 Å². The Hall–Kier alpha value is -5.85. The van der Waals surface area contributed by atoms with Gasteiger partial charge in [0.15, 0.2) is 0 Å². The summed E-state index contributed by atoms with van der Waals surface area (Å²) >= 11 is 1.25. The van der Waals surface area contributed by atoms with Gasteiger partial charge >= 0.3 is 5.97 Å². The number of aliphatic hydroxyl groups is 2. The van der Waals surface area contributed by atoms with E-state index in [1.807, 2.05) is 0 Å². The maximum atomic E-state index is 13.5. The first-order valence-electron chi connectivity index (χ1n) is 19.1. The van der Waals surface area contributed by atoms with E-state index in [2.05, 4.69) is 37.2 Å². The molecule has 0 aliphatic carbocycles. The average Bonchev–Trinajstić information content (AvgIpc) is 3.17. The summed E-state index contributed by atoms with van der Waals surface area (Å²) in [7, 11) is 0. The molecular formula is C37H58N10O13S. The molecule has 0 aromatic heterocycles. The number of nitrogens with two attached hydrogens (primary N) is 3. The molecule has 0 saturated carbocycles. The SMILES string of the molecule is CSCC[C@H](NC(=O)[C@H](CC(N)=O)NC(=O)[C@H](CC(N)=O)NC(=O)CNC(=O)[C@@H](N)Cc1ccccc1)C(=O)N[C@@H](CO)C(=O)N[C@H](C(=O)N[C@@H](CC(C)C)C(=O)O)[C@@H](C)O. The number of amides is 9. The van der Waals surface area contributed by atoms with E-state index in [-0.39, 0.29) is 30.9 Å². The number of carbonyl (C=O) groups excluding carboxylic acids is 9. The zero-order valence-corrected chi connectivity index (χ0v) is 35.1. The minimum Gasteiger partial charge on any atom is -0.480 e. The van der Waals surface area contributed by atoms with Crippen LogP contribution in [0.5, 0.6) is 0 Å². The van der Waals surface area contributed by atoms with Crippen LogP contribution in [0.4, 0.5) is 0 Å². The lowest BCUT2D eigenvalue weighted by Crippen LogP contribution is -2.62. The van der Waals surface area contributed by atoms with Crippen molar-refractivity contribution in [2.24, 2.45) is 23.1 Å². The monoisotopic (exact) mass is 882 g/mol. The largest absolute Gasteiger partial charge is 0.480 e. The van der Waals surface area contributed by atoms with Crippen molar-refractivity contribution in [1.82, 2.24) is 37.2 Å². The first-order chi connectivity index (χ1) is 28.6. The number of benzene rings is 1. The zero-order valence-electron chi connectivity index (χ0n) is 34.3. The maximum absolute atomic E-state index is 13.5. The van der Waals surface area contributed by atoms with Gasteiger partial charge in [-0.05, 0) is 49.7 Å². The fraction of sp³-hybridized carbons (Fsp3) is 0.568. The van der Waals surface area contributed by atoms with Gasteiger partial charge in [0.05, 0.1) is 38.1 Å². The Morgan fingerprint density at radius 3 is 1.66 bits per heavy atom. The molecule has 61 heavy (non-hydrogen) atoms. The summed E-state index contributed by atoms with van der Waals surface area (Å²) in [6.07, 6.45) is -1.45. The molecular weight excluding hydrogens is 825 g/mol. The molecule has 0 aliphatic rings. The van der Waals surface area contributed by atoms with Crippen LogP contribution in [0.1, 0.15) is 52.0 Å². The van der Waals surface area contributed by atoms with Crippen LogP contribution in [0.2, 0.25) is 0 Å². The van der Waals surface area contributed by atoms with Gasteiger partial charge < -0.3 is 69.7 Å². The topological polar surface area (TPSA) is 394 Å². The fourth-order valence-corrected chi connectivity index (χ4v) is 5.93. The summed E-state index contributed by atoms with van der Waals surface area (Å²) in [4.78, 5) is 127. The van der Waals surface area contributed by atoms with Crippen LogP contribution in [0, 0.1) is 5.92 Å². The van der Waals surface area contributed by atoms with Gasteiger partial charge in [0.25, 0.3) is 0 Å². The minimum atomic E-state index is -1.80. The molecule has 0 spiro atoms. The molecule has 0 unspecified atom stereocenters. The molecule has 1 aromatic rings. The van der Waals surface area contributed by atoms with E-state index in [9.17, 15) is 63.3 Å². The highest BCUT2D eigenvalue weighted by atomic mass is 32.2. The van der Waals surface area contributed by atoms with Crippen LogP contribution in [0.15, 0.2) is 30.3 Å². The van der Waals surface area contributed by atoms with Crippen molar-refractivity contribution in [2.75, 3.05) is 25.2 Å². The van der Waals surface area contributed by atoms with Crippen LogP contribution in [-0.2, 0) is 54.4 Å². The second-order valence-corrected chi connectivity index (χ2v) is 15.4. The van der Waals surface area contributed by atoms with Crippen LogP contribution in [-0.4, -0.2) is 148 Å². The molecule has 0 heterocycles. The molecule has 16 N–H and O–H groups in total. The van der Waals surface area contributed by atoms with E-state index in [0.717, 1.165) is 12.5 Å². The van der Waals surface area contributed by atoms with Crippen molar-refractivity contribution in [1.29, 1.82) is 0 Å². The number of rotatable bonds is 28. The second kappa shape index (κ2) is 27.1. The predicted molar refractivity (Wildman–Crippen MR) is 219 cm³/mol. The Labute approximate surface area is 356 Å². The quantitative estimate of drug-likeness (QED) is 0.0374. The van der Waals surface area contributed by atoms with E-state index in [1.54, 1.807) is 50.4 Å². The Balaban J connectivity index is 3.11. The van der Waals surface area contributed by atoms with Crippen molar-refractivity contribution in [3.8, 4) is 0 Å². The van der Waals surface area contributed by atoms with Crippen molar-refractivity contribution in [3.63, 3.8) is 0 Å². The third-order valence-electron chi connectivity index (χ3n) is 8.60. The van der Waals surface area contributed by atoms with Crippen LogP contribution in [0.3, 0.4) is 0 Å². The number of carboxylic acids is 1. The second-order valence-electron chi connectivity index (χ2n) is 14.4. The Morgan fingerprint density at radius 2 is 1.16 bits per heavy atom. The number of nitrogens with one attached hydrogen (secondary N) is 7. The third-order valence-corrected chi connectivity index (χ3v) is 9.24. The average molecular weight is 883 g/mol. The lowest BCUT2D eigenvalue weighted by atomic mass is 10.0. The summed E-state index contributed by atoms with van der Waals surface area (Å²) in [5.74, 6) is -10.7. The maximum Gasteiger partial charge on any atom is 0.326 e. The molecule has 9 amide bonds. The first kappa shape index (κ1) is 53.2. The number of aliphatic hydroxyl groups excluding tert-OH is 2. The van der Waals surface area contributed by atoms with Crippen LogP contribution in [0.25, 0.3) is 0 Å². The van der Waals surface area contributed by atoms with Crippen molar-refractivity contribution in [3.05, 3.63) is 35.9 Å². The molecule has 0 fully saturated rings. The van der Waals surface area contributed by atoms with Gasteiger partial charge in [-0.2, -0.15) is 11.8 Å². The van der Waals surface area contributed by atoms with Crippen molar-refractivity contribution >= 4 is 70.9 Å². The number of hydrogen-bond donors (Lipinski definition) is 13. The van der Waals surface area contributed by atoms with Crippen LogP contribution >= 0.6 is 11.8 Å². The molecule has 0 radical (unpaired) electrons. The molecule has 24 heteroatoms. The number of aliphatic carboxylic acids is 1. The predicted octanol–water partition coefficient (Wildman–Crippen LogP) is -5.41. The lowest BCUT2D eigenvalue weighted by Gasteiger charge is -2.27. The number of carboxylic acid groups (broad SMARTS) is 1. The Bertz CT molecular complexity index is 1700. The normalized spacial score (nSPS) is 14.9. The molecule has 340 valence electrons. The van der Waals surface area contributed by atoms with Gasteiger partial charge in [-0.3, -0.25) is 43.2 Å². The molecule has 0 bridgehead atoms. The van der Waals surface area contributed by atoms with E-state index in [1.165, 1.54) is 11.8 Å². The summed E-state index contributed by atoms with van der Waals surface area (Å²) in [5.41, 5.74) is 17.3. The van der Waals surface area contributed by atoms with Gasteiger partial charge in [-0.1, -0.05) is 44.2 Å². The summed E-state index contributed by atoms with van der Waals surface area (Å²) in [5, 5.41) is 45.4. The Morgan fingerprint density at radius 1 is 0.672 bits per heavy atom. The highest BCUT2D eigenvalue weighted by Gasteiger charge is 2.35. The van der Waals surface area contributed by atoms with Crippen molar-refractivity contribution < 1.29 is 63.3 Å². The van der Waals surface area contributed by atoms with Crippen molar-refractivity contribution in [2.45, 2.75) is 101 Å². The molecule has 1 aromatic carbocycles. The third kappa shape index (κ3) is 20.3. The van der Waals surface area contributed by atoms with E-state index < -0.39 is 134 Å². The molecule has 1 rings (SSSR count). The fourth-order valence-electron chi connectivity index (χ4n) is 5.45. The Kier molecular flexibility index (Phi) is 23.6. The standard InChI is InChI=1S/C37H58N10O13S/c1-18(2)12-25(37(59)60)45-36(58)30(19(3)49)47-35(57)26(17-48)46-32(54)22(10-11-61-4)43-34(56)24(15-28(40)51)44-33(55)23(14-27(39)50)42-29(52)16-41-31(53)21(38)13-20-8-6-5-7-9-20/h5-9,18-19,21-26,30,48-49H,10-17,38H2,1-4H3,(H2,39,50)(H2,40,51)(H,41,53)(H,42,52)(H,43,56)(H,44,55)(H,45,58)(H,46,54)(H,47,57)(H,59,60)/t19-,21+,22+,23+,24+,25+,26+,30+/m1/s1. The molecule has 23 nitrogen and oxygen atoms in total. The summed E-state index contributed by atoms with van der Waals surface area (Å²) in [6, 6.07) is -2.09. The van der Waals surface area contributed by atoms with E-state index in [0.29, 0.717) is 0 Å². The number of thioether (sulfide) groups is 1. The zero-order chi connectivity index (χ0) is 46.4. The van der Waals surface area contributed by atoms with Gasteiger partial charge in [0.2, 0.25) is 53.2 Å². The number of carbonyl (C=O) groups is 10. The molecule has 8 atom stereocenters. The summed E-state index contributed by atoms with van der Waals surface area (Å²) < 4.78 is 0. The van der Waals surface area contributed by atoms with E-state index >= 15 is 0 Å². The highest BCUT2D eigenvalue weighted by molar-refractivity contribution is 7.98. The summed E-state index contributed by atoms with van der Waals surface area (Å²) in [6.45, 7) is 2.85. The van der Waals surface area contributed by atoms with Gasteiger partial charge in [-0.15, -0.1) is 0 Å². The lowest BCUT2D eigenvalue weighted by molar-refractivity contribution is -0.143. The smallest absolute Gasteiger partial charge is 0.326 e. The minimum absolute atomic E-state index is 0.0293. The molecule has 0 saturated heterocycles.